The van der Waals surface area contributed by atoms with E-state index in [9.17, 15) is 9.59 Å². The molecule has 1 aliphatic heterocycles. The van der Waals surface area contributed by atoms with Gasteiger partial charge in [-0.25, -0.2) is 9.59 Å². The number of carboxylic acid groups (broad SMARTS) is 1. The number of carboxylic acids is 1. The molecule has 0 radical (unpaired) electrons. The van der Waals surface area contributed by atoms with Crippen LogP contribution in [0.3, 0.4) is 0 Å². The summed E-state index contributed by atoms with van der Waals surface area (Å²) in [6.07, 6.45) is 5.71. The summed E-state index contributed by atoms with van der Waals surface area (Å²) in [7, 11) is 1.60. The van der Waals surface area contributed by atoms with E-state index in [0.29, 0.717) is 6.42 Å². The van der Waals surface area contributed by atoms with E-state index in [4.69, 9.17) is 5.11 Å². The van der Waals surface area contributed by atoms with Gasteiger partial charge in [-0.15, -0.1) is 0 Å². The molecule has 2 atom stereocenters. The third-order valence-electron chi connectivity index (χ3n) is 3.94. The van der Waals surface area contributed by atoms with Gasteiger partial charge in [-0.2, -0.15) is 0 Å². The lowest BCUT2D eigenvalue weighted by Gasteiger charge is -2.39. The van der Waals surface area contributed by atoms with Gasteiger partial charge in [0.1, 0.15) is 6.04 Å². The molecular weight excluding hydrogens is 244 g/mol. The number of carbonyl (C=O) groups is 2. The van der Waals surface area contributed by atoms with Crippen LogP contribution in [-0.4, -0.2) is 52.6 Å². The summed E-state index contributed by atoms with van der Waals surface area (Å²) in [5.41, 5.74) is 0. The first-order chi connectivity index (χ1) is 9.02. The zero-order chi connectivity index (χ0) is 14.4. The predicted octanol–water partition coefficient (Wildman–Crippen LogP) is 2.56. The molecule has 1 saturated heterocycles. The molecule has 0 spiro atoms. The number of urea groups is 1. The van der Waals surface area contributed by atoms with E-state index in [0.717, 1.165) is 38.6 Å². The van der Waals surface area contributed by atoms with E-state index in [1.807, 2.05) is 4.90 Å². The van der Waals surface area contributed by atoms with Gasteiger partial charge in [0, 0.05) is 19.6 Å². The maximum absolute atomic E-state index is 12.5. The first kappa shape index (κ1) is 15.8. The van der Waals surface area contributed by atoms with E-state index < -0.39 is 12.0 Å². The Labute approximate surface area is 115 Å². The largest absolute Gasteiger partial charge is 0.480 e. The van der Waals surface area contributed by atoms with Gasteiger partial charge >= 0.3 is 12.0 Å². The fourth-order valence-corrected chi connectivity index (χ4v) is 2.84. The summed E-state index contributed by atoms with van der Waals surface area (Å²) < 4.78 is 0. The number of aliphatic carboxylic acids is 1. The molecule has 1 fully saturated rings. The third kappa shape index (κ3) is 3.85. The van der Waals surface area contributed by atoms with Crippen LogP contribution in [0.2, 0.25) is 0 Å². The summed E-state index contributed by atoms with van der Waals surface area (Å²) >= 11 is 0. The Kier molecular flexibility index (Phi) is 6.12. The molecule has 1 rings (SSSR count). The Balaban J connectivity index is 2.75. The maximum Gasteiger partial charge on any atom is 0.326 e. The number of hydrogen-bond acceptors (Lipinski definition) is 2. The number of carbonyl (C=O) groups excluding carboxylic acids is 1. The lowest BCUT2D eigenvalue weighted by atomic mass is 9.98. The highest BCUT2D eigenvalue weighted by Gasteiger charge is 2.32. The first-order valence-corrected chi connectivity index (χ1v) is 7.29. The van der Waals surface area contributed by atoms with Crippen molar-refractivity contribution in [2.75, 3.05) is 13.6 Å². The average Bonchev–Trinajstić information content (AvgIpc) is 2.39. The Morgan fingerprint density at radius 2 is 2.05 bits per heavy atom. The van der Waals surface area contributed by atoms with Gasteiger partial charge in [0.25, 0.3) is 0 Å². The number of amides is 2. The molecular formula is C14H26N2O3. The Bertz CT molecular complexity index is 318. The molecule has 1 aliphatic rings. The lowest BCUT2D eigenvalue weighted by Crippen LogP contribution is -2.53. The summed E-state index contributed by atoms with van der Waals surface area (Å²) in [6, 6.07) is -0.580. The van der Waals surface area contributed by atoms with E-state index in [1.165, 1.54) is 4.90 Å². The summed E-state index contributed by atoms with van der Waals surface area (Å²) in [6.45, 7) is 4.67. The van der Waals surface area contributed by atoms with Crippen LogP contribution < -0.4 is 0 Å². The molecule has 1 heterocycles. The maximum atomic E-state index is 12.5. The van der Waals surface area contributed by atoms with Crippen molar-refractivity contribution in [3.8, 4) is 0 Å². The van der Waals surface area contributed by atoms with Crippen LogP contribution in [0.1, 0.15) is 52.4 Å². The molecule has 5 nitrogen and oxygen atoms in total. The quantitative estimate of drug-likeness (QED) is 0.835. The van der Waals surface area contributed by atoms with Crippen molar-refractivity contribution in [2.45, 2.75) is 64.5 Å². The van der Waals surface area contributed by atoms with Crippen molar-refractivity contribution >= 4 is 12.0 Å². The van der Waals surface area contributed by atoms with Gasteiger partial charge in [-0.1, -0.05) is 20.3 Å². The van der Waals surface area contributed by atoms with Crippen LogP contribution in [0.25, 0.3) is 0 Å². The molecule has 0 aromatic carbocycles. The van der Waals surface area contributed by atoms with Crippen molar-refractivity contribution in [2.24, 2.45) is 0 Å². The molecule has 110 valence electrons. The number of nitrogens with zero attached hydrogens (tertiary/aromatic N) is 2. The smallest absolute Gasteiger partial charge is 0.326 e. The summed E-state index contributed by atoms with van der Waals surface area (Å²) in [4.78, 5) is 26.9. The third-order valence-corrected chi connectivity index (χ3v) is 3.94. The molecule has 1 N–H and O–H groups in total. The fourth-order valence-electron chi connectivity index (χ4n) is 2.84. The van der Waals surface area contributed by atoms with Crippen molar-refractivity contribution in [3.05, 3.63) is 0 Å². The monoisotopic (exact) mass is 270 g/mol. The van der Waals surface area contributed by atoms with E-state index in [2.05, 4.69) is 6.92 Å². The molecule has 0 aromatic heterocycles. The highest BCUT2D eigenvalue weighted by atomic mass is 16.4. The summed E-state index contributed by atoms with van der Waals surface area (Å²) in [5.74, 6) is -0.928. The molecule has 19 heavy (non-hydrogen) atoms. The number of likely N-dealkylation sites (N-methyl/N-ethyl adjacent to an activating group) is 1. The average molecular weight is 270 g/mol. The zero-order valence-corrected chi connectivity index (χ0v) is 12.3. The zero-order valence-electron chi connectivity index (χ0n) is 12.3. The number of piperidine rings is 1. The Morgan fingerprint density at radius 3 is 2.58 bits per heavy atom. The first-order valence-electron chi connectivity index (χ1n) is 7.29. The van der Waals surface area contributed by atoms with Crippen LogP contribution in [0.15, 0.2) is 0 Å². The second kappa shape index (κ2) is 7.36. The second-order valence-electron chi connectivity index (χ2n) is 5.29. The molecule has 5 heteroatoms. The van der Waals surface area contributed by atoms with Crippen molar-refractivity contribution in [3.63, 3.8) is 0 Å². The molecule has 0 aliphatic carbocycles. The molecule has 2 unspecified atom stereocenters. The number of hydrogen-bond donors (Lipinski definition) is 1. The number of likely N-dealkylation sites (tertiary alicyclic amines) is 1. The van der Waals surface area contributed by atoms with Gasteiger partial charge in [0.15, 0.2) is 0 Å². The van der Waals surface area contributed by atoms with Gasteiger partial charge in [0.2, 0.25) is 0 Å². The van der Waals surface area contributed by atoms with E-state index in [-0.39, 0.29) is 12.1 Å². The van der Waals surface area contributed by atoms with E-state index >= 15 is 0 Å². The van der Waals surface area contributed by atoms with Crippen molar-refractivity contribution < 1.29 is 14.7 Å². The van der Waals surface area contributed by atoms with Crippen LogP contribution in [-0.2, 0) is 4.79 Å². The van der Waals surface area contributed by atoms with Gasteiger partial charge in [-0.3, -0.25) is 0 Å². The fraction of sp³-hybridized carbons (Fsp3) is 0.857. The van der Waals surface area contributed by atoms with Gasteiger partial charge < -0.3 is 14.9 Å². The van der Waals surface area contributed by atoms with E-state index in [1.54, 1.807) is 14.0 Å². The standard InChI is InChI=1S/C14H26N2O3/c1-4-8-11-9-6-7-10-16(11)14(19)15(3)12(5-2)13(17)18/h11-12H,4-10H2,1-3H3,(H,17,18). The molecule has 0 bridgehead atoms. The highest BCUT2D eigenvalue weighted by molar-refractivity contribution is 5.82. The van der Waals surface area contributed by atoms with Crippen LogP contribution in [0.4, 0.5) is 4.79 Å². The SMILES string of the molecule is CCCC1CCCCN1C(=O)N(C)C(CC)C(=O)O. The normalized spacial score (nSPS) is 21.0. The lowest BCUT2D eigenvalue weighted by molar-refractivity contribution is -0.142. The molecule has 2 amide bonds. The minimum atomic E-state index is -0.928. The van der Waals surface area contributed by atoms with Crippen molar-refractivity contribution in [1.29, 1.82) is 0 Å². The van der Waals surface area contributed by atoms with Crippen LogP contribution >= 0.6 is 0 Å². The second-order valence-corrected chi connectivity index (χ2v) is 5.29. The van der Waals surface area contributed by atoms with Crippen LogP contribution in [0, 0.1) is 0 Å². The topological polar surface area (TPSA) is 60.9 Å². The summed E-state index contributed by atoms with van der Waals surface area (Å²) in [5, 5.41) is 9.15. The Hall–Kier alpha value is -1.26. The predicted molar refractivity (Wildman–Crippen MR) is 74.1 cm³/mol. The molecule has 0 saturated carbocycles. The highest BCUT2D eigenvalue weighted by Crippen LogP contribution is 2.22. The Morgan fingerprint density at radius 1 is 1.37 bits per heavy atom. The van der Waals surface area contributed by atoms with Gasteiger partial charge in [0.05, 0.1) is 0 Å². The minimum Gasteiger partial charge on any atom is -0.480 e. The molecule has 0 aromatic rings. The minimum absolute atomic E-state index is 0.132. The van der Waals surface area contributed by atoms with Crippen LogP contribution in [0.5, 0.6) is 0 Å². The van der Waals surface area contributed by atoms with Crippen molar-refractivity contribution in [1.82, 2.24) is 9.80 Å². The number of rotatable bonds is 5. The van der Waals surface area contributed by atoms with Gasteiger partial charge in [-0.05, 0) is 32.1 Å².